The highest BCUT2D eigenvalue weighted by Gasteiger charge is 2.31. The number of hydrogen-bond acceptors (Lipinski definition) is 9. The van der Waals surface area contributed by atoms with Gasteiger partial charge in [0.15, 0.2) is 5.13 Å². The van der Waals surface area contributed by atoms with Gasteiger partial charge in [0.2, 0.25) is 10.0 Å². The fraction of sp³-hybridized carbons (Fsp3) is 0.444. The van der Waals surface area contributed by atoms with Crippen molar-refractivity contribution in [1.29, 1.82) is 0 Å². The number of piperazine rings is 2. The van der Waals surface area contributed by atoms with Gasteiger partial charge in [0.1, 0.15) is 5.75 Å². The molecule has 11 nitrogen and oxygen atoms in total. The third-order valence-corrected chi connectivity index (χ3v) is 9.99. The van der Waals surface area contributed by atoms with Gasteiger partial charge in [-0.2, -0.15) is 4.31 Å². The third kappa shape index (κ3) is 5.86. The minimum Gasteiger partial charge on any atom is -0.494 e. The summed E-state index contributed by atoms with van der Waals surface area (Å²) in [4.78, 5) is 35.4. The van der Waals surface area contributed by atoms with Crippen molar-refractivity contribution in [2.24, 2.45) is 0 Å². The second kappa shape index (κ2) is 12.0. The quantitative estimate of drug-likeness (QED) is 0.415. The van der Waals surface area contributed by atoms with Crippen molar-refractivity contribution in [3.63, 3.8) is 0 Å². The molecule has 0 N–H and O–H groups in total. The highest BCUT2D eigenvalue weighted by molar-refractivity contribution is 7.89. The van der Waals surface area contributed by atoms with E-state index < -0.39 is 16.1 Å². The van der Waals surface area contributed by atoms with E-state index in [4.69, 9.17) is 14.5 Å². The Bertz CT molecular complexity index is 1460. The van der Waals surface area contributed by atoms with E-state index in [1.165, 1.54) is 21.3 Å². The Balaban J connectivity index is 1.17. The monoisotopic (exact) mass is 587 g/mol. The first-order valence-corrected chi connectivity index (χ1v) is 15.7. The molecule has 2 aliphatic rings. The maximum absolute atomic E-state index is 13.2. The fourth-order valence-electron chi connectivity index (χ4n) is 4.81. The minimum atomic E-state index is -3.74. The molecule has 0 spiro atoms. The van der Waals surface area contributed by atoms with Crippen molar-refractivity contribution in [3.05, 3.63) is 48.0 Å². The van der Waals surface area contributed by atoms with Gasteiger partial charge >= 0.3 is 6.09 Å². The number of nitrogens with zero attached hydrogens (tertiary/aromatic N) is 5. The molecular formula is C27H33N5O6S2. The van der Waals surface area contributed by atoms with E-state index in [0.29, 0.717) is 38.3 Å². The molecule has 0 saturated carbocycles. The van der Waals surface area contributed by atoms with Crippen LogP contribution in [0.25, 0.3) is 10.2 Å². The number of hydrogen-bond donors (Lipinski definition) is 0. The number of anilines is 1. The number of rotatable bonds is 7. The summed E-state index contributed by atoms with van der Waals surface area (Å²) in [6.07, 6.45) is -0.431. The molecule has 0 aliphatic carbocycles. The van der Waals surface area contributed by atoms with Crippen LogP contribution in [0, 0.1) is 0 Å². The molecule has 0 atom stereocenters. The van der Waals surface area contributed by atoms with Crippen LogP contribution < -0.4 is 9.64 Å². The molecule has 3 heterocycles. The Labute approximate surface area is 237 Å². The molecule has 0 bridgehead atoms. The summed E-state index contributed by atoms with van der Waals surface area (Å²) in [5.74, 6) is 0.702. The molecule has 0 radical (unpaired) electrons. The van der Waals surface area contributed by atoms with Crippen molar-refractivity contribution >= 4 is 48.7 Å². The van der Waals surface area contributed by atoms with E-state index in [1.54, 1.807) is 35.3 Å². The Kier molecular flexibility index (Phi) is 8.43. The van der Waals surface area contributed by atoms with Crippen LogP contribution in [0.2, 0.25) is 0 Å². The number of carbonyl (C=O) groups is 2. The zero-order chi connectivity index (χ0) is 28.3. The summed E-state index contributed by atoms with van der Waals surface area (Å²) in [7, 11) is -3.74. The Morgan fingerprint density at radius 1 is 0.875 bits per heavy atom. The largest absolute Gasteiger partial charge is 0.494 e. The zero-order valence-corrected chi connectivity index (χ0v) is 24.2. The van der Waals surface area contributed by atoms with Gasteiger partial charge in [-0.15, -0.1) is 0 Å². The van der Waals surface area contributed by atoms with Crippen molar-refractivity contribution in [1.82, 2.24) is 19.1 Å². The molecule has 214 valence electrons. The molecule has 40 heavy (non-hydrogen) atoms. The van der Waals surface area contributed by atoms with Crippen LogP contribution in [0.15, 0.2) is 47.4 Å². The van der Waals surface area contributed by atoms with E-state index in [-0.39, 0.29) is 43.6 Å². The molecular weight excluding hydrogens is 554 g/mol. The number of benzene rings is 2. The van der Waals surface area contributed by atoms with Gasteiger partial charge < -0.3 is 24.2 Å². The van der Waals surface area contributed by atoms with E-state index in [1.807, 2.05) is 25.1 Å². The topological polar surface area (TPSA) is 113 Å². The predicted octanol–water partition coefficient (Wildman–Crippen LogP) is 3.12. The third-order valence-electron chi connectivity index (χ3n) is 7.00. The Morgan fingerprint density at radius 3 is 2.20 bits per heavy atom. The summed E-state index contributed by atoms with van der Waals surface area (Å²) in [5.41, 5.74) is 1.38. The van der Waals surface area contributed by atoms with Crippen LogP contribution in [0.5, 0.6) is 5.75 Å². The van der Waals surface area contributed by atoms with Gasteiger partial charge in [0.05, 0.1) is 28.3 Å². The van der Waals surface area contributed by atoms with Crippen LogP contribution in [0.3, 0.4) is 0 Å². The molecule has 13 heteroatoms. The number of fused-ring (bicyclic) bond motifs is 1. The van der Waals surface area contributed by atoms with Gasteiger partial charge in [0.25, 0.3) is 5.91 Å². The first-order valence-electron chi connectivity index (χ1n) is 13.4. The molecule has 3 aromatic rings. The van der Waals surface area contributed by atoms with Gasteiger partial charge in [0, 0.05) is 57.9 Å². The minimum absolute atomic E-state index is 0.127. The highest BCUT2D eigenvalue weighted by atomic mass is 32.2. The first-order chi connectivity index (χ1) is 19.3. The average Bonchev–Trinajstić information content (AvgIpc) is 3.41. The van der Waals surface area contributed by atoms with Gasteiger partial charge in [-0.3, -0.25) is 4.79 Å². The van der Waals surface area contributed by atoms with Crippen molar-refractivity contribution in [2.45, 2.75) is 18.7 Å². The molecule has 0 unspecified atom stereocenters. The number of amides is 2. The number of aromatic nitrogens is 1. The molecule has 2 amide bonds. The van der Waals surface area contributed by atoms with E-state index in [2.05, 4.69) is 4.90 Å². The van der Waals surface area contributed by atoms with Crippen molar-refractivity contribution in [3.8, 4) is 5.75 Å². The Hall–Kier alpha value is -3.42. The van der Waals surface area contributed by atoms with Crippen LogP contribution in [0.4, 0.5) is 9.93 Å². The summed E-state index contributed by atoms with van der Waals surface area (Å²) in [5, 5.41) is 0.924. The highest BCUT2D eigenvalue weighted by Crippen LogP contribution is 2.32. The van der Waals surface area contributed by atoms with E-state index in [9.17, 15) is 18.0 Å². The summed E-state index contributed by atoms with van der Waals surface area (Å²) >= 11 is 1.61. The van der Waals surface area contributed by atoms with Crippen LogP contribution in [-0.2, 0) is 14.8 Å². The number of carbonyl (C=O) groups excluding carboxylic acids is 2. The van der Waals surface area contributed by atoms with Crippen molar-refractivity contribution < 1.29 is 27.5 Å². The smallest absolute Gasteiger partial charge is 0.409 e. The SMILES string of the molecule is CCOC(=O)N1CCN(S(=O)(=O)c2ccc(C(=O)N3CCN(c4nc5ccc(OCC)cc5s4)CC3)cc2)CC1. The van der Waals surface area contributed by atoms with E-state index in [0.717, 1.165) is 21.1 Å². The number of ether oxygens (including phenoxy) is 2. The summed E-state index contributed by atoms with van der Waals surface area (Å²) in [6, 6.07) is 12.0. The van der Waals surface area contributed by atoms with Crippen LogP contribution >= 0.6 is 11.3 Å². The molecule has 2 fully saturated rings. The normalized spacial score (nSPS) is 16.8. The van der Waals surface area contributed by atoms with Crippen LogP contribution in [-0.4, -0.2) is 105 Å². The molecule has 2 aromatic carbocycles. The first kappa shape index (κ1) is 28.1. The maximum Gasteiger partial charge on any atom is 0.409 e. The summed E-state index contributed by atoms with van der Waals surface area (Å²) in [6.45, 7) is 7.91. The predicted molar refractivity (Wildman–Crippen MR) is 153 cm³/mol. The number of sulfonamides is 1. The van der Waals surface area contributed by atoms with Gasteiger partial charge in [-0.05, 0) is 56.3 Å². The standard InChI is InChI=1S/C27H33N5O6S2/c1-3-37-21-7-10-23-24(19-21)39-26(28-23)30-13-11-29(12-14-30)25(33)20-5-8-22(9-6-20)40(35,36)32-17-15-31(16-18-32)27(34)38-4-2/h5-10,19H,3-4,11-18H2,1-2H3. The summed E-state index contributed by atoms with van der Waals surface area (Å²) < 4.78 is 39.3. The zero-order valence-electron chi connectivity index (χ0n) is 22.6. The molecule has 2 aliphatic heterocycles. The van der Waals surface area contributed by atoms with Crippen LogP contribution in [0.1, 0.15) is 24.2 Å². The fourth-order valence-corrected chi connectivity index (χ4v) is 7.28. The maximum atomic E-state index is 13.2. The van der Waals surface area contributed by atoms with E-state index >= 15 is 0 Å². The van der Waals surface area contributed by atoms with Gasteiger partial charge in [-0.25, -0.2) is 18.2 Å². The Morgan fingerprint density at radius 2 is 1.55 bits per heavy atom. The molecule has 2 saturated heterocycles. The second-order valence-corrected chi connectivity index (χ2v) is 12.4. The van der Waals surface area contributed by atoms with Crippen molar-refractivity contribution in [2.75, 3.05) is 70.5 Å². The lowest BCUT2D eigenvalue weighted by Gasteiger charge is -2.34. The number of thiazole rings is 1. The second-order valence-electron chi connectivity index (χ2n) is 9.45. The average molecular weight is 588 g/mol. The van der Waals surface area contributed by atoms with Gasteiger partial charge in [-0.1, -0.05) is 11.3 Å². The lowest BCUT2D eigenvalue weighted by atomic mass is 10.2. The molecule has 1 aromatic heterocycles. The lowest BCUT2D eigenvalue weighted by molar-refractivity contribution is 0.0746. The lowest BCUT2D eigenvalue weighted by Crippen LogP contribution is -2.50. The molecule has 5 rings (SSSR count).